The molecule has 6 nitrogen and oxygen atoms in total. The van der Waals surface area contributed by atoms with E-state index >= 15 is 0 Å². The maximum Gasteiger partial charge on any atom is 0.404 e. The Balaban J connectivity index is 2.42. The maximum atomic E-state index is 13.3. The van der Waals surface area contributed by atoms with Gasteiger partial charge in [-0.05, 0) is 63.4 Å². The summed E-state index contributed by atoms with van der Waals surface area (Å²) in [5, 5.41) is 11.7. The fraction of sp³-hybridized carbons (Fsp3) is 0.762. The van der Waals surface area contributed by atoms with Crippen molar-refractivity contribution >= 4 is 23.5 Å². The van der Waals surface area contributed by atoms with Crippen LogP contribution < -0.4 is 9.99 Å². The summed E-state index contributed by atoms with van der Waals surface area (Å²) in [4.78, 5) is 29.1. The van der Waals surface area contributed by atoms with E-state index < -0.39 is 16.9 Å². The number of rotatable bonds is 5. The first-order valence-corrected chi connectivity index (χ1v) is 10.9. The van der Waals surface area contributed by atoms with Gasteiger partial charge >= 0.3 is 6.09 Å². The Hall–Kier alpha value is -1.63. The van der Waals surface area contributed by atoms with Gasteiger partial charge in [0.15, 0.2) is 0 Å². The minimum atomic E-state index is -1.04. The zero-order chi connectivity index (χ0) is 21.3. The first-order valence-electron chi connectivity index (χ1n) is 10.1. The van der Waals surface area contributed by atoms with Crippen molar-refractivity contribution in [3.63, 3.8) is 0 Å². The Morgan fingerprint density at radius 3 is 2.54 bits per heavy atom. The van der Waals surface area contributed by atoms with E-state index in [1.54, 1.807) is 0 Å². The lowest BCUT2D eigenvalue weighted by molar-refractivity contribution is -0.132. The third kappa shape index (κ3) is 4.34. The Kier molecular flexibility index (Phi) is 6.48. The zero-order valence-electron chi connectivity index (χ0n) is 18.3. The lowest BCUT2D eigenvalue weighted by atomic mass is 9.67. The number of nitrogens with one attached hydrogen (secondary N) is 1. The maximum absolute atomic E-state index is 13.3. The normalized spacial score (nSPS) is 25.1. The van der Waals surface area contributed by atoms with Crippen LogP contribution in [0.5, 0.6) is 0 Å². The molecule has 2 atom stereocenters. The van der Waals surface area contributed by atoms with Crippen LogP contribution in [0.2, 0.25) is 0 Å². The van der Waals surface area contributed by atoms with Crippen molar-refractivity contribution in [1.82, 2.24) is 9.27 Å². The molecule has 0 bridgehead atoms. The van der Waals surface area contributed by atoms with Gasteiger partial charge in [-0.2, -0.15) is 0 Å². The largest absolute Gasteiger partial charge is 0.465 e. The number of amides is 2. The second kappa shape index (κ2) is 8.01. The summed E-state index contributed by atoms with van der Waals surface area (Å²) in [7, 11) is 0. The number of aryl methyl sites for hydroxylation is 1. The average Bonchev–Trinajstić information content (AvgIpc) is 3.07. The molecular weight excluding hydrogens is 374 g/mol. The van der Waals surface area contributed by atoms with Gasteiger partial charge in [-0.3, -0.25) is 8.75 Å². The molecule has 1 aromatic rings. The fourth-order valence-corrected chi connectivity index (χ4v) is 4.87. The van der Waals surface area contributed by atoms with Crippen LogP contribution in [0.1, 0.15) is 79.7 Å². The monoisotopic (exact) mass is 409 g/mol. The molecule has 0 saturated heterocycles. The first-order chi connectivity index (χ1) is 12.8. The highest BCUT2D eigenvalue weighted by Crippen LogP contribution is 2.53. The lowest BCUT2D eigenvalue weighted by Crippen LogP contribution is -2.49. The summed E-state index contributed by atoms with van der Waals surface area (Å²) in [6.07, 6.45) is 5.42. The summed E-state index contributed by atoms with van der Waals surface area (Å²) in [6.45, 7) is 14.4. The SMILES string of the molecule is CCCCc1cn(C(C)(C)C)sc1=NC(=O)[C@]1(C)CCC(NC(=O)O)C1(C)C. The molecule has 0 aromatic carbocycles. The number of unbranched alkanes of at least 4 members (excludes halogenated alkanes) is 1. The zero-order valence-corrected chi connectivity index (χ0v) is 19.1. The van der Waals surface area contributed by atoms with Gasteiger partial charge in [0.05, 0.1) is 5.41 Å². The molecule has 2 N–H and O–H groups in total. The molecule has 1 fully saturated rings. The summed E-state index contributed by atoms with van der Waals surface area (Å²) < 4.78 is 2.96. The van der Waals surface area contributed by atoms with Crippen LogP contribution in [-0.4, -0.2) is 27.1 Å². The molecule has 0 spiro atoms. The third-order valence-electron chi connectivity index (χ3n) is 6.39. The van der Waals surface area contributed by atoms with E-state index in [0.29, 0.717) is 12.8 Å². The number of nitrogens with zero attached hydrogens (tertiary/aromatic N) is 2. The van der Waals surface area contributed by atoms with E-state index in [-0.39, 0.29) is 17.5 Å². The number of hydrogen-bond acceptors (Lipinski definition) is 3. The van der Waals surface area contributed by atoms with E-state index in [0.717, 1.165) is 29.5 Å². The summed E-state index contributed by atoms with van der Waals surface area (Å²) in [6, 6.07) is -0.253. The average molecular weight is 410 g/mol. The molecule has 1 saturated carbocycles. The van der Waals surface area contributed by atoms with Crippen molar-refractivity contribution in [2.75, 3.05) is 0 Å². The van der Waals surface area contributed by atoms with Crippen LogP contribution in [0.15, 0.2) is 11.2 Å². The van der Waals surface area contributed by atoms with Crippen LogP contribution >= 0.6 is 11.5 Å². The number of aromatic nitrogens is 1. The topological polar surface area (TPSA) is 83.7 Å². The molecule has 1 aliphatic carbocycles. The minimum Gasteiger partial charge on any atom is -0.465 e. The van der Waals surface area contributed by atoms with Gasteiger partial charge in [0.25, 0.3) is 5.91 Å². The lowest BCUT2D eigenvalue weighted by Gasteiger charge is -2.38. The standard InChI is InChI=1S/C21H35N3O3S/c1-8-9-10-14-13-24(19(2,3)4)28-16(14)23-17(25)21(7)12-11-15(20(21,5)6)22-18(26)27/h13,15,22H,8-12H2,1-7H3,(H,26,27)/t15?,21-/m0/s1. The van der Waals surface area contributed by atoms with Crippen molar-refractivity contribution in [3.8, 4) is 0 Å². The molecule has 2 amide bonds. The Morgan fingerprint density at radius 2 is 2.00 bits per heavy atom. The van der Waals surface area contributed by atoms with Gasteiger partial charge in [-0.25, -0.2) is 9.79 Å². The second-order valence-electron chi connectivity index (χ2n) is 9.66. The minimum absolute atomic E-state index is 0.0600. The van der Waals surface area contributed by atoms with Gasteiger partial charge in [-0.1, -0.05) is 34.1 Å². The predicted molar refractivity (Wildman–Crippen MR) is 113 cm³/mol. The third-order valence-corrected chi connectivity index (χ3v) is 7.77. The number of carboxylic acid groups (broad SMARTS) is 1. The number of carbonyl (C=O) groups is 2. The molecular formula is C21H35N3O3S. The van der Waals surface area contributed by atoms with Crippen molar-refractivity contribution in [2.24, 2.45) is 15.8 Å². The highest BCUT2D eigenvalue weighted by Gasteiger charge is 2.56. The van der Waals surface area contributed by atoms with Crippen molar-refractivity contribution in [1.29, 1.82) is 0 Å². The van der Waals surface area contributed by atoms with Crippen LogP contribution in [0.25, 0.3) is 0 Å². The number of hydrogen-bond donors (Lipinski definition) is 2. The molecule has 0 aliphatic heterocycles. The van der Waals surface area contributed by atoms with Gasteiger partial charge < -0.3 is 10.4 Å². The van der Waals surface area contributed by atoms with E-state index in [9.17, 15) is 9.59 Å². The summed E-state index contributed by atoms with van der Waals surface area (Å²) in [5.74, 6) is -0.146. The fourth-order valence-electron chi connectivity index (χ4n) is 3.84. The van der Waals surface area contributed by atoms with Crippen LogP contribution in [-0.2, 0) is 16.8 Å². The van der Waals surface area contributed by atoms with Crippen LogP contribution in [0, 0.1) is 10.8 Å². The molecule has 158 valence electrons. The van der Waals surface area contributed by atoms with E-state index in [1.807, 2.05) is 20.8 Å². The Labute approximate surface area is 172 Å². The van der Waals surface area contributed by atoms with Crippen molar-refractivity contribution in [2.45, 2.75) is 92.2 Å². The smallest absolute Gasteiger partial charge is 0.404 e. The first kappa shape index (κ1) is 22.7. The van der Waals surface area contributed by atoms with Crippen molar-refractivity contribution < 1.29 is 14.7 Å². The predicted octanol–water partition coefficient (Wildman–Crippen LogP) is 4.54. The summed E-state index contributed by atoms with van der Waals surface area (Å²) >= 11 is 1.53. The molecule has 1 aliphatic rings. The quantitative estimate of drug-likeness (QED) is 0.749. The highest BCUT2D eigenvalue weighted by atomic mass is 32.1. The van der Waals surface area contributed by atoms with Gasteiger partial charge in [0.2, 0.25) is 0 Å². The Morgan fingerprint density at radius 1 is 1.36 bits per heavy atom. The van der Waals surface area contributed by atoms with E-state index in [2.05, 4.69) is 48.2 Å². The van der Waals surface area contributed by atoms with Gasteiger partial charge in [0.1, 0.15) is 4.67 Å². The Bertz CT molecular complexity index is 801. The van der Waals surface area contributed by atoms with E-state index in [4.69, 9.17) is 5.11 Å². The highest BCUT2D eigenvalue weighted by molar-refractivity contribution is 7.04. The second-order valence-corrected chi connectivity index (χ2v) is 10.6. The van der Waals surface area contributed by atoms with Gasteiger partial charge in [-0.15, -0.1) is 0 Å². The molecule has 0 radical (unpaired) electrons. The van der Waals surface area contributed by atoms with Crippen LogP contribution in [0.4, 0.5) is 4.79 Å². The number of carbonyl (C=O) groups excluding carboxylic acids is 1. The molecule has 1 heterocycles. The molecule has 28 heavy (non-hydrogen) atoms. The molecule has 1 aromatic heterocycles. The molecule has 1 unspecified atom stereocenters. The van der Waals surface area contributed by atoms with E-state index in [1.165, 1.54) is 11.5 Å². The summed E-state index contributed by atoms with van der Waals surface area (Å²) in [5.41, 5.74) is -0.143. The van der Waals surface area contributed by atoms with Gasteiger partial charge in [0, 0.05) is 23.3 Å². The van der Waals surface area contributed by atoms with Crippen molar-refractivity contribution in [3.05, 3.63) is 16.4 Å². The van der Waals surface area contributed by atoms with Crippen LogP contribution in [0.3, 0.4) is 0 Å². The molecule has 2 rings (SSSR count). The molecule has 7 heteroatoms.